The van der Waals surface area contributed by atoms with E-state index in [9.17, 15) is 0 Å². The highest BCUT2D eigenvalue weighted by Gasteiger charge is 2.08. The number of hydrogen-bond donors (Lipinski definition) is 1. The molecular weight excluding hydrogens is 162 g/mol. The van der Waals surface area contributed by atoms with E-state index in [1.54, 1.807) is 0 Å². The number of nitriles is 1. The van der Waals surface area contributed by atoms with Crippen LogP contribution in [0.3, 0.4) is 0 Å². The van der Waals surface area contributed by atoms with Gasteiger partial charge in [0.05, 0.1) is 12.5 Å². The average Bonchev–Trinajstić information content (AvgIpc) is 2.11. The van der Waals surface area contributed by atoms with E-state index in [2.05, 4.69) is 44.2 Å². The first-order chi connectivity index (χ1) is 6.11. The Hall–Kier alpha value is -0.590. The average molecular weight is 183 g/mol. The van der Waals surface area contributed by atoms with E-state index >= 15 is 0 Å². The van der Waals surface area contributed by atoms with Crippen LogP contribution in [0.5, 0.6) is 0 Å². The lowest BCUT2D eigenvalue weighted by Gasteiger charge is -2.22. The summed E-state index contributed by atoms with van der Waals surface area (Å²) in [6, 6.07) is 3.07. The maximum atomic E-state index is 8.54. The van der Waals surface area contributed by atoms with E-state index in [-0.39, 0.29) is 0 Å². The largest absolute Gasteiger partial charge is 0.311 e. The summed E-state index contributed by atoms with van der Waals surface area (Å²) in [5.41, 5.74) is 0. The van der Waals surface area contributed by atoms with Gasteiger partial charge in [0.2, 0.25) is 0 Å². The van der Waals surface area contributed by atoms with Crippen molar-refractivity contribution in [1.82, 2.24) is 10.2 Å². The predicted molar refractivity (Wildman–Crippen MR) is 55.5 cm³/mol. The third kappa shape index (κ3) is 5.62. The van der Waals surface area contributed by atoms with Crippen LogP contribution in [-0.4, -0.2) is 37.6 Å². The van der Waals surface area contributed by atoms with Gasteiger partial charge in [0, 0.05) is 18.6 Å². The van der Waals surface area contributed by atoms with Crippen LogP contribution in [0.15, 0.2) is 0 Å². The van der Waals surface area contributed by atoms with E-state index in [1.165, 1.54) is 0 Å². The molecular formula is C10H21N3. The van der Waals surface area contributed by atoms with Gasteiger partial charge in [-0.3, -0.25) is 0 Å². The summed E-state index contributed by atoms with van der Waals surface area (Å²) in [6.07, 6.45) is 1.63. The van der Waals surface area contributed by atoms with Crippen molar-refractivity contribution in [2.75, 3.05) is 20.6 Å². The number of nitrogens with zero attached hydrogens (tertiary/aromatic N) is 2. The molecule has 0 aromatic heterocycles. The van der Waals surface area contributed by atoms with Gasteiger partial charge in [-0.1, -0.05) is 6.92 Å². The summed E-state index contributed by atoms with van der Waals surface area (Å²) in [7, 11) is 4.13. The summed E-state index contributed by atoms with van der Waals surface area (Å²) >= 11 is 0. The molecule has 2 atom stereocenters. The second kappa shape index (κ2) is 6.88. The molecule has 2 unspecified atom stereocenters. The van der Waals surface area contributed by atoms with Crippen molar-refractivity contribution in [3.63, 3.8) is 0 Å². The van der Waals surface area contributed by atoms with Crippen molar-refractivity contribution in [1.29, 1.82) is 5.26 Å². The van der Waals surface area contributed by atoms with Crippen LogP contribution in [-0.2, 0) is 0 Å². The normalized spacial score (nSPS) is 15.4. The van der Waals surface area contributed by atoms with Gasteiger partial charge in [0.15, 0.2) is 0 Å². The van der Waals surface area contributed by atoms with Crippen molar-refractivity contribution in [3.8, 4) is 6.07 Å². The van der Waals surface area contributed by atoms with Crippen molar-refractivity contribution >= 4 is 0 Å². The van der Waals surface area contributed by atoms with Crippen molar-refractivity contribution < 1.29 is 0 Å². The molecule has 0 saturated carbocycles. The second-order valence-electron chi connectivity index (χ2n) is 3.69. The zero-order chi connectivity index (χ0) is 10.3. The number of likely N-dealkylation sites (N-methyl/N-ethyl adjacent to an activating group) is 1. The molecule has 13 heavy (non-hydrogen) atoms. The lowest BCUT2D eigenvalue weighted by Crippen LogP contribution is -2.40. The second-order valence-corrected chi connectivity index (χ2v) is 3.69. The zero-order valence-electron chi connectivity index (χ0n) is 9.17. The van der Waals surface area contributed by atoms with Gasteiger partial charge < -0.3 is 10.2 Å². The number of nitrogens with one attached hydrogen (secondary N) is 1. The third-order valence-corrected chi connectivity index (χ3v) is 2.41. The SMILES string of the molecule is CCC(CC#N)NCC(C)N(C)C. The highest BCUT2D eigenvalue weighted by atomic mass is 15.1. The van der Waals surface area contributed by atoms with Crippen LogP contribution in [0, 0.1) is 11.3 Å². The van der Waals surface area contributed by atoms with Gasteiger partial charge in [-0.15, -0.1) is 0 Å². The lowest BCUT2D eigenvalue weighted by molar-refractivity contribution is 0.292. The molecule has 0 aliphatic heterocycles. The van der Waals surface area contributed by atoms with Gasteiger partial charge in [-0.2, -0.15) is 5.26 Å². The molecule has 0 aliphatic rings. The van der Waals surface area contributed by atoms with E-state index < -0.39 is 0 Å². The van der Waals surface area contributed by atoms with Crippen molar-refractivity contribution in [3.05, 3.63) is 0 Å². The zero-order valence-corrected chi connectivity index (χ0v) is 9.17. The minimum absolute atomic E-state index is 0.354. The van der Waals surface area contributed by atoms with Gasteiger partial charge >= 0.3 is 0 Å². The van der Waals surface area contributed by atoms with Gasteiger partial charge in [0.25, 0.3) is 0 Å². The molecule has 1 N–H and O–H groups in total. The molecule has 0 spiro atoms. The monoisotopic (exact) mass is 183 g/mol. The Labute approximate surface area is 81.7 Å². The van der Waals surface area contributed by atoms with Crippen LogP contribution in [0.1, 0.15) is 26.7 Å². The molecule has 0 aromatic carbocycles. The highest BCUT2D eigenvalue weighted by Crippen LogP contribution is 1.97. The van der Waals surface area contributed by atoms with E-state index in [0.29, 0.717) is 18.5 Å². The fraction of sp³-hybridized carbons (Fsp3) is 0.900. The maximum Gasteiger partial charge on any atom is 0.0638 e. The van der Waals surface area contributed by atoms with Crippen LogP contribution in [0.25, 0.3) is 0 Å². The number of rotatable bonds is 6. The minimum atomic E-state index is 0.354. The van der Waals surface area contributed by atoms with Crippen LogP contribution < -0.4 is 5.32 Å². The Kier molecular flexibility index (Phi) is 6.56. The smallest absolute Gasteiger partial charge is 0.0638 e. The first-order valence-electron chi connectivity index (χ1n) is 4.88. The summed E-state index contributed by atoms with van der Waals surface area (Å²) in [4.78, 5) is 2.17. The summed E-state index contributed by atoms with van der Waals surface area (Å²) < 4.78 is 0. The van der Waals surface area contributed by atoms with Crippen molar-refractivity contribution in [2.45, 2.75) is 38.8 Å². The lowest BCUT2D eigenvalue weighted by atomic mass is 10.1. The minimum Gasteiger partial charge on any atom is -0.311 e. The molecule has 0 fully saturated rings. The van der Waals surface area contributed by atoms with E-state index in [1.807, 2.05) is 0 Å². The molecule has 0 amide bonds. The molecule has 0 radical (unpaired) electrons. The van der Waals surface area contributed by atoms with Crippen molar-refractivity contribution in [2.24, 2.45) is 0 Å². The van der Waals surface area contributed by atoms with Crippen LogP contribution in [0.2, 0.25) is 0 Å². The van der Waals surface area contributed by atoms with E-state index in [0.717, 1.165) is 13.0 Å². The van der Waals surface area contributed by atoms with Gasteiger partial charge in [-0.25, -0.2) is 0 Å². The molecule has 0 aliphatic carbocycles. The number of hydrogen-bond acceptors (Lipinski definition) is 3. The molecule has 0 bridgehead atoms. The Morgan fingerprint density at radius 1 is 1.46 bits per heavy atom. The topological polar surface area (TPSA) is 39.1 Å². The van der Waals surface area contributed by atoms with Gasteiger partial charge in [0.1, 0.15) is 0 Å². The first kappa shape index (κ1) is 12.4. The molecule has 3 heteroatoms. The molecule has 76 valence electrons. The van der Waals surface area contributed by atoms with E-state index in [4.69, 9.17) is 5.26 Å². The molecule has 3 nitrogen and oxygen atoms in total. The molecule has 0 heterocycles. The highest BCUT2D eigenvalue weighted by molar-refractivity contribution is 4.80. The molecule has 0 saturated heterocycles. The molecule has 0 aromatic rings. The molecule has 0 rings (SSSR count). The standard InChI is InChI=1S/C10H21N3/c1-5-10(6-7-11)12-8-9(2)13(3)4/h9-10,12H,5-6,8H2,1-4H3. The Morgan fingerprint density at radius 3 is 2.46 bits per heavy atom. The summed E-state index contributed by atoms with van der Waals surface area (Å²) in [6.45, 7) is 5.23. The predicted octanol–water partition coefficient (Wildman–Crippen LogP) is 1.22. The first-order valence-corrected chi connectivity index (χ1v) is 4.88. The van der Waals surface area contributed by atoms with Crippen LogP contribution >= 0.6 is 0 Å². The third-order valence-electron chi connectivity index (χ3n) is 2.41. The summed E-state index contributed by atoms with van der Waals surface area (Å²) in [5.74, 6) is 0. The fourth-order valence-corrected chi connectivity index (χ4v) is 0.991. The Balaban J connectivity index is 3.66. The maximum absolute atomic E-state index is 8.54. The fourth-order valence-electron chi connectivity index (χ4n) is 0.991. The quantitative estimate of drug-likeness (QED) is 0.673. The summed E-state index contributed by atoms with van der Waals surface area (Å²) in [5, 5.41) is 11.9. The Morgan fingerprint density at radius 2 is 2.08 bits per heavy atom. The van der Waals surface area contributed by atoms with Crippen LogP contribution in [0.4, 0.5) is 0 Å². The Bertz CT molecular complexity index is 160. The van der Waals surface area contributed by atoms with Gasteiger partial charge in [-0.05, 0) is 27.4 Å².